The molecule has 2 aromatic rings. The van der Waals surface area contributed by atoms with Gasteiger partial charge in [0.15, 0.2) is 0 Å². The van der Waals surface area contributed by atoms with Crippen molar-refractivity contribution in [3.05, 3.63) is 62.6 Å². The van der Waals surface area contributed by atoms with Gasteiger partial charge in [-0.1, -0.05) is 12.1 Å². The molecule has 0 bridgehead atoms. The number of hydrogen-bond donors (Lipinski definition) is 3. The van der Waals surface area contributed by atoms with Gasteiger partial charge in [-0.2, -0.15) is 13.2 Å². The molecule has 36 heavy (non-hydrogen) atoms. The number of halogens is 3. The largest absolute Gasteiger partial charge is 0.506 e. The highest BCUT2D eigenvalue weighted by atomic mass is 19.4. The van der Waals surface area contributed by atoms with E-state index in [9.17, 15) is 37.5 Å². The van der Waals surface area contributed by atoms with Crippen LogP contribution in [-0.4, -0.2) is 62.1 Å². The van der Waals surface area contributed by atoms with Crippen LogP contribution in [-0.2, 0) is 30.6 Å². The highest BCUT2D eigenvalue weighted by Crippen LogP contribution is 2.33. The monoisotopic (exact) mass is 508 g/mol. The summed E-state index contributed by atoms with van der Waals surface area (Å²) in [7, 11) is 0. The lowest BCUT2D eigenvalue weighted by molar-refractivity contribution is -0.138. The summed E-state index contributed by atoms with van der Waals surface area (Å²) in [6.07, 6.45) is -2.84. The maximum atomic E-state index is 13.3. The van der Waals surface area contributed by atoms with Crippen LogP contribution in [0.25, 0.3) is 0 Å². The first kappa shape index (κ1) is 25.1. The smallest absolute Gasteiger partial charge is 0.416 e. The average Bonchev–Trinajstić information content (AvgIpc) is 3.50. The SMILES string of the molecule is O=C(O)CNC(=O)c1c(O)c2c(n(Cc3ccc(C(F)(F)F)cc3)c1=O)CN(C(=O)N1CCCC1)C2. The second kappa shape index (κ2) is 9.55. The van der Waals surface area contributed by atoms with Crippen molar-refractivity contribution in [2.24, 2.45) is 0 Å². The number of benzene rings is 1. The number of pyridine rings is 1. The third kappa shape index (κ3) is 4.86. The van der Waals surface area contributed by atoms with E-state index in [0.29, 0.717) is 18.7 Å². The van der Waals surface area contributed by atoms with Gasteiger partial charge in [-0.3, -0.25) is 14.4 Å². The highest BCUT2D eigenvalue weighted by molar-refractivity contribution is 5.98. The molecule has 0 radical (unpaired) electrons. The van der Waals surface area contributed by atoms with Crippen molar-refractivity contribution < 1.29 is 37.8 Å². The fourth-order valence-corrected chi connectivity index (χ4v) is 4.43. The maximum Gasteiger partial charge on any atom is 0.416 e. The summed E-state index contributed by atoms with van der Waals surface area (Å²) in [6, 6.07) is 3.82. The minimum atomic E-state index is -4.54. The molecule has 10 nitrogen and oxygen atoms in total. The van der Waals surface area contributed by atoms with Crippen molar-refractivity contribution in [3.8, 4) is 5.75 Å². The normalized spacial score (nSPS) is 15.2. The number of carbonyl (C=O) groups excluding carboxylic acids is 2. The lowest BCUT2D eigenvalue weighted by Gasteiger charge is -2.23. The first-order valence-electron chi connectivity index (χ1n) is 11.1. The van der Waals surface area contributed by atoms with Gasteiger partial charge in [-0.05, 0) is 30.5 Å². The van der Waals surface area contributed by atoms with Crippen molar-refractivity contribution in [2.75, 3.05) is 19.6 Å². The molecule has 0 spiro atoms. The van der Waals surface area contributed by atoms with E-state index < -0.39 is 47.0 Å². The lowest BCUT2D eigenvalue weighted by atomic mass is 10.1. The molecule has 2 aliphatic rings. The van der Waals surface area contributed by atoms with Crippen molar-refractivity contribution in [3.63, 3.8) is 0 Å². The number of nitrogens with zero attached hydrogens (tertiary/aromatic N) is 3. The number of aromatic nitrogens is 1. The van der Waals surface area contributed by atoms with Gasteiger partial charge in [-0.25, -0.2) is 4.79 Å². The van der Waals surface area contributed by atoms with Crippen LogP contribution in [0.3, 0.4) is 0 Å². The molecule has 1 aromatic heterocycles. The molecule has 0 unspecified atom stereocenters. The number of carbonyl (C=O) groups is 3. The number of aromatic hydroxyl groups is 1. The number of aliphatic carboxylic acids is 1. The molecule has 0 atom stereocenters. The van der Waals surface area contributed by atoms with Crippen LogP contribution in [0.4, 0.5) is 18.0 Å². The standard InChI is InChI=1S/C23H23F3N4O6/c24-23(25,26)14-5-3-13(4-6-14)10-30-16-12-29(22(36)28-7-1-2-8-28)11-15(16)19(33)18(21(30)35)20(34)27-9-17(31)32/h3-6,33H,1-2,7-12H2,(H,27,34)(H,31,32). The predicted molar refractivity (Wildman–Crippen MR) is 118 cm³/mol. The summed E-state index contributed by atoms with van der Waals surface area (Å²) in [5.74, 6) is -3.14. The molecule has 3 heterocycles. The Kier molecular flexibility index (Phi) is 6.65. The molecular formula is C23H23F3N4O6. The summed E-state index contributed by atoms with van der Waals surface area (Å²) < 4.78 is 40.0. The second-order valence-electron chi connectivity index (χ2n) is 8.64. The number of rotatable bonds is 5. The van der Waals surface area contributed by atoms with E-state index in [-0.39, 0.29) is 36.9 Å². The number of fused-ring (bicyclic) bond motifs is 1. The van der Waals surface area contributed by atoms with Crippen LogP contribution in [0.15, 0.2) is 29.1 Å². The Bertz CT molecular complexity index is 1270. The van der Waals surface area contributed by atoms with E-state index in [4.69, 9.17) is 5.11 Å². The molecule has 0 aliphatic carbocycles. The minimum absolute atomic E-state index is 0.0505. The quantitative estimate of drug-likeness (QED) is 0.566. The molecule has 0 saturated carbocycles. The van der Waals surface area contributed by atoms with Crippen LogP contribution in [0.1, 0.15) is 45.6 Å². The predicted octanol–water partition coefficient (Wildman–Crippen LogP) is 1.97. The molecule has 192 valence electrons. The number of urea groups is 1. The number of carboxylic acid groups (broad SMARTS) is 1. The summed E-state index contributed by atoms with van der Waals surface area (Å²) in [5.41, 5.74) is -1.80. The number of likely N-dealkylation sites (tertiary alicyclic amines) is 1. The zero-order chi connectivity index (χ0) is 26.2. The molecule has 1 aromatic carbocycles. The van der Waals surface area contributed by atoms with Crippen LogP contribution in [0.5, 0.6) is 5.75 Å². The van der Waals surface area contributed by atoms with Crippen LogP contribution in [0, 0.1) is 0 Å². The Morgan fingerprint density at radius 3 is 2.22 bits per heavy atom. The van der Waals surface area contributed by atoms with Gasteiger partial charge in [-0.15, -0.1) is 0 Å². The molecular weight excluding hydrogens is 485 g/mol. The van der Waals surface area contributed by atoms with Gasteiger partial charge < -0.3 is 29.9 Å². The Hall–Kier alpha value is -4.03. The van der Waals surface area contributed by atoms with Crippen molar-refractivity contribution in [2.45, 2.75) is 38.7 Å². The van der Waals surface area contributed by atoms with Gasteiger partial charge in [0.05, 0.1) is 25.2 Å². The summed E-state index contributed by atoms with van der Waals surface area (Å²) in [4.78, 5) is 52.8. The lowest BCUT2D eigenvalue weighted by Crippen LogP contribution is -2.39. The molecule has 4 rings (SSSR count). The Morgan fingerprint density at radius 1 is 1.00 bits per heavy atom. The van der Waals surface area contributed by atoms with Crippen LogP contribution >= 0.6 is 0 Å². The Labute approximate surface area is 202 Å². The number of nitrogens with one attached hydrogen (secondary N) is 1. The molecule has 3 amide bonds. The molecule has 3 N–H and O–H groups in total. The summed E-state index contributed by atoms with van der Waals surface area (Å²) >= 11 is 0. The third-order valence-electron chi connectivity index (χ3n) is 6.24. The molecule has 1 fully saturated rings. The van der Waals surface area contributed by atoms with Crippen molar-refractivity contribution in [1.29, 1.82) is 0 Å². The first-order valence-corrected chi connectivity index (χ1v) is 11.1. The van der Waals surface area contributed by atoms with Gasteiger partial charge >= 0.3 is 18.2 Å². The van der Waals surface area contributed by atoms with Gasteiger partial charge in [0.2, 0.25) is 0 Å². The van der Waals surface area contributed by atoms with Gasteiger partial charge in [0.1, 0.15) is 17.9 Å². The average molecular weight is 508 g/mol. The Balaban J connectivity index is 1.74. The molecule has 1 saturated heterocycles. The number of carboxylic acids is 1. The first-order chi connectivity index (χ1) is 17.0. The molecule has 2 aliphatic heterocycles. The topological polar surface area (TPSA) is 132 Å². The number of hydrogen-bond acceptors (Lipinski definition) is 5. The minimum Gasteiger partial charge on any atom is -0.506 e. The Morgan fingerprint density at radius 2 is 1.64 bits per heavy atom. The zero-order valence-electron chi connectivity index (χ0n) is 19.0. The van der Waals surface area contributed by atoms with E-state index in [0.717, 1.165) is 29.5 Å². The third-order valence-corrected chi connectivity index (χ3v) is 6.24. The van der Waals surface area contributed by atoms with Gasteiger partial charge in [0, 0.05) is 24.3 Å². The maximum absolute atomic E-state index is 13.3. The van der Waals surface area contributed by atoms with Crippen LogP contribution in [0.2, 0.25) is 0 Å². The highest BCUT2D eigenvalue weighted by Gasteiger charge is 2.36. The van der Waals surface area contributed by atoms with Crippen LogP contribution < -0.4 is 10.9 Å². The van der Waals surface area contributed by atoms with E-state index in [1.165, 1.54) is 17.0 Å². The second-order valence-corrected chi connectivity index (χ2v) is 8.64. The van der Waals surface area contributed by atoms with Gasteiger partial charge in [0.25, 0.3) is 11.5 Å². The number of amides is 3. The summed E-state index contributed by atoms with van der Waals surface area (Å²) in [5, 5.41) is 21.7. The fourth-order valence-electron chi connectivity index (χ4n) is 4.43. The summed E-state index contributed by atoms with van der Waals surface area (Å²) in [6.45, 7) is -0.0380. The fraction of sp³-hybridized carbons (Fsp3) is 0.391. The van der Waals surface area contributed by atoms with E-state index in [2.05, 4.69) is 0 Å². The van der Waals surface area contributed by atoms with E-state index in [1.54, 1.807) is 4.90 Å². The number of alkyl halides is 3. The van der Waals surface area contributed by atoms with Crippen molar-refractivity contribution >= 4 is 17.9 Å². The van der Waals surface area contributed by atoms with E-state index >= 15 is 0 Å². The molecule has 13 heteroatoms. The van der Waals surface area contributed by atoms with E-state index in [1.807, 2.05) is 5.32 Å². The zero-order valence-corrected chi connectivity index (χ0v) is 19.0. The van der Waals surface area contributed by atoms with Crippen molar-refractivity contribution in [1.82, 2.24) is 19.7 Å².